The Morgan fingerprint density at radius 2 is 2.00 bits per heavy atom. The molecule has 1 saturated carbocycles. The van der Waals surface area contributed by atoms with Gasteiger partial charge in [-0.15, -0.1) is 0 Å². The van der Waals surface area contributed by atoms with Crippen LogP contribution in [-0.4, -0.2) is 37.1 Å². The SMILES string of the molecule is CCCNCCN(CC)C1CC1. The van der Waals surface area contributed by atoms with Crippen molar-refractivity contribution < 1.29 is 0 Å². The summed E-state index contributed by atoms with van der Waals surface area (Å²) in [5, 5.41) is 3.44. The van der Waals surface area contributed by atoms with Crippen LogP contribution in [0.4, 0.5) is 0 Å². The van der Waals surface area contributed by atoms with E-state index in [1.54, 1.807) is 0 Å². The second-order valence-corrected chi connectivity index (χ2v) is 3.61. The zero-order chi connectivity index (χ0) is 8.81. The lowest BCUT2D eigenvalue weighted by Crippen LogP contribution is -2.33. The molecule has 1 rings (SSSR count). The standard InChI is InChI=1S/C10H22N2/c1-3-7-11-8-9-12(4-2)10-5-6-10/h10-11H,3-9H2,1-2H3. The second kappa shape index (κ2) is 5.55. The Labute approximate surface area is 76.3 Å². The molecule has 1 fully saturated rings. The number of hydrogen-bond acceptors (Lipinski definition) is 2. The van der Waals surface area contributed by atoms with Crippen LogP contribution in [0.3, 0.4) is 0 Å². The van der Waals surface area contributed by atoms with Crippen molar-refractivity contribution in [2.75, 3.05) is 26.2 Å². The zero-order valence-electron chi connectivity index (χ0n) is 8.47. The third kappa shape index (κ3) is 3.55. The Balaban J connectivity index is 1.95. The Bertz CT molecular complexity index is 110. The smallest absolute Gasteiger partial charge is 0.0110 e. The van der Waals surface area contributed by atoms with Crippen LogP contribution in [0.25, 0.3) is 0 Å². The molecule has 2 heteroatoms. The Kier molecular flexibility index (Phi) is 4.62. The van der Waals surface area contributed by atoms with Gasteiger partial charge in [-0.2, -0.15) is 0 Å². The van der Waals surface area contributed by atoms with E-state index >= 15 is 0 Å². The van der Waals surface area contributed by atoms with Gasteiger partial charge in [-0.25, -0.2) is 0 Å². The van der Waals surface area contributed by atoms with Crippen molar-refractivity contribution in [1.29, 1.82) is 0 Å². The molecule has 0 aliphatic heterocycles. The fraction of sp³-hybridized carbons (Fsp3) is 1.00. The van der Waals surface area contributed by atoms with Crippen LogP contribution in [0.2, 0.25) is 0 Å². The molecule has 2 nitrogen and oxygen atoms in total. The summed E-state index contributed by atoms with van der Waals surface area (Å²) in [5.41, 5.74) is 0. The molecular weight excluding hydrogens is 148 g/mol. The maximum absolute atomic E-state index is 3.44. The average Bonchev–Trinajstić information content (AvgIpc) is 2.88. The Hall–Kier alpha value is -0.0800. The van der Waals surface area contributed by atoms with Gasteiger partial charge in [0.25, 0.3) is 0 Å². The molecule has 0 heterocycles. The minimum absolute atomic E-state index is 0.929. The molecule has 12 heavy (non-hydrogen) atoms. The molecule has 1 aliphatic rings. The highest BCUT2D eigenvalue weighted by Crippen LogP contribution is 2.25. The normalized spacial score (nSPS) is 17.2. The van der Waals surface area contributed by atoms with Gasteiger partial charge in [0.05, 0.1) is 0 Å². The summed E-state index contributed by atoms with van der Waals surface area (Å²) >= 11 is 0. The highest BCUT2D eigenvalue weighted by atomic mass is 15.2. The van der Waals surface area contributed by atoms with Crippen molar-refractivity contribution >= 4 is 0 Å². The van der Waals surface area contributed by atoms with Crippen LogP contribution >= 0.6 is 0 Å². The largest absolute Gasteiger partial charge is 0.315 e. The van der Waals surface area contributed by atoms with Gasteiger partial charge in [0.2, 0.25) is 0 Å². The Morgan fingerprint density at radius 3 is 2.50 bits per heavy atom. The molecule has 0 aromatic rings. The van der Waals surface area contributed by atoms with Gasteiger partial charge in [0, 0.05) is 19.1 Å². The molecule has 0 unspecified atom stereocenters. The summed E-state index contributed by atoms with van der Waals surface area (Å²) in [6.07, 6.45) is 4.11. The van der Waals surface area contributed by atoms with Crippen molar-refractivity contribution in [2.45, 2.75) is 39.2 Å². The van der Waals surface area contributed by atoms with Crippen molar-refractivity contribution in [1.82, 2.24) is 10.2 Å². The molecule has 0 radical (unpaired) electrons. The monoisotopic (exact) mass is 170 g/mol. The van der Waals surface area contributed by atoms with Crippen LogP contribution in [0.1, 0.15) is 33.1 Å². The second-order valence-electron chi connectivity index (χ2n) is 3.61. The number of nitrogens with zero attached hydrogens (tertiary/aromatic N) is 1. The van der Waals surface area contributed by atoms with Gasteiger partial charge < -0.3 is 5.32 Å². The number of rotatable bonds is 7. The molecule has 0 aromatic carbocycles. The van der Waals surface area contributed by atoms with Crippen molar-refractivity contribution in [3.63, 3.8) is 0 Å². The predicted molar refractivity (Wildman–Crippen MR) is 53.4 cm³/mol. The first-order valence-corrected chi connectivity index (χ1v) is 5.33. The zero-order valence-corrected chi connectivity index (χ0v) is 8.47. The first-order chi connectivity index (χ1) is 5.88. The van der Waals surface area contributed by atoms with E-state index in [9.17, 15) is 0 Å². The van der Waals surface area contributed by atoms with E-state index < -0.39 is 0 Å². The first-order valence-electron chi connectivity index (χ1n) is 5.33. The number of likely N-dealkylation sites (N-methyl/N-ethyl adjacent to an activating group) is 1. The van der Waals surface area contributed by atoms with E-state index in [0.29, 0.717) is 0 Å². The maximum Gasteiger partial charge on any atom is 0.0110 e. The van der Waals surface area contributed by atoms with Crippen LogP contribution in [-0.2, 0) is 0 Å². The summed E-state index contributed by atoms with van der Waals surface area (Å²) in [6.45, 7) is 9.27. The molecule has 0 aromatic heterocycles. The van der Waals surface area contributed by atoms with Crippen LogP contribution < -0.4 is 5.32 Å². The van der Waals surface area contributed by atoms with Crippen LogP contribution in [0.15, 0.2) is 0 Å². The van der Waals surface area contributed by atoms with Gasteiger partial charge >= 0.3 is 0 Å². The summed E-state index contributed by atoms with van der Waals surface area (Å²) in [5.74, 6) is 0. The minimum Gasteiger partial charge on any atom is -0.315 e. The molecule has 1 N–H and O–H groups in total. The lowest BCUT2D eigenvalue weighted by Gasteiger charge is -2.19. The van der Waals surface area contributed by atoms with Gasteiger partial charge in [-0.3, -0.25) is 4.90 Å². The molecule has 0 bridgehead atoms. The van der Waals surface area contributed by atoms with Crippen LogP contribution in [0, 0.1) is 0 Å². The minimum atomic E-state index is 0.929. The van der Waals surface area contributed by atoms with Gasteiger partial charge in [-0.05, 0) is 32.4 Å². The van der Waals surface area contributed by atoms with Crippen LogP contribution in [0.5, 0.6) is 0 Å². The Morgan fingerprint density at radius 1 is 1.25 bits per heavy atom. The fourth-order valence-electron chi connectivity index (χ4n) is 1.56. The van der Waals surface area contributed by atoms with Crippen molar-refractivity contribution in [3.8, 4) is 0 Å². The molecule has 0 atom stereocenters. The maximum atomic E-state index is 3.44. The van der Waals surface area contributed by atoms with E-state index in [0.717, 1.165) is 12.6 Å². The van der Waals surface area contributed by atoms with Crippen molar-refractivity contribution in [3.05, 3.63) is 0 Å². The topological polar surface area (TPSA) is 15.3 Å². The van der Waals surface area contributed by atoms with E-state index in [1.807, 2.05) is 0 Å². The van der Waals surface area contributed by atoms with Gasteiger partial charge in [0.1, 0.15) is 0 Å². The third-order valence-corrected chi connectivity index (χ3v) is 2.47. The first kappa shape index (κ1) is 10.0. The summed E-state index contributed by atoms with van der Waals surface area (Å²) in [6, 6.07) is 0.929. The molecule has 0 saturated heterocycles. The van der Waals surface area contributed by atoms with Crippen molar-refractivity contribution in [2.24, 2.45) is 0 Å². The summed E-state index contributed by atoms with van der Waals surface area (Å²) in [4.78, 5) is 2.59. The summed E-state index contributed by atoms with van der Waals surface area (Å²) in [7, 11) is 0. The van der Waals surface area contributed by atoms with E-state index in [-0.39, 0.29) is 0 Å². The summed E-state index contributed by atoms with van der Waals surface area (Å²) < 4.78 is 0. The molecular formula is C10H22N2. The van der Waals surface area contributed by atoms with Gasteiger partial charge in [-0.1, -0.05) is 13.8 Å². The highest BCUT2D eigenvalue weighted by Gasteiger charge is 2.26. The molecule has 0 spiro atoms. The molecule has 0 amide bonds. The fourth-order valence-corrected chi connectivity index (χ4v) is 1.56. The average molecular weight is 170 g/mol. The van der Waals surface area contributed by atoms with E-state index in [2.05, 4.69) is 24.1 Å². The predicted octanol–water partition coefficient (Wildman–Crippen LogP) is 1.47. The molecule has 1 aliphatic carbocycles. The van der Waals surface area contributed by atoms with Gasteiger partial charge in [0.15, 0.2) is 0 Å². The van der Waals surface area contributed by atoms with E-state index in [1.165, 1.54) is 38.9 Å². The number of hydrogen-bond donors (Lipinski definition) is 1. The lowest BCUT2D eigenvalue weighted by atomic mass is 10.4. The molecule has 72 valence electrons. The third-order valence-electron chi connectivity index (χ3n) is 2.47. The lowest BCUT2D eigenvalue weighted by molar-refractivity contribution is 0.277. The quantitative estimate of drug-likeness (QED) is 0.582. The number of nitrogens with one attached hydrogen (secondary N) is 1. The highest BCUT2D eigenvalue weighted by molar-refractivity contribution is 4.83. The van der Waals surface area contributed by atoms with E-state index in [4.69, 9.17) is 0 Å².